The molecule has 1 heterocycles. The fourth-order valence-corrected chi connectivity index (χ4v) is 2.80. The van der Waals surface area contributed by atoms with Gasteiger partial charge in [-0.25, -0.2) is 4.39 Å². The maximum absolute atomic E-state index is 13.0. The Bertz CT molecular complexity index is 534. The van der Waals surface area contributed by atoms with Gasteiger partial charge in [0.1, 0.15) is 5.82 Å². The van der Waals surface area contributed by atoms with Gasteiger partial charge in [0.05, 0.1) is 12.1 Å². The summed E-state index contributed by atoms with van der Waals surface area (Å²) in [5.74, 6) is 0.605. The van der Waals surface area contributed by atoms with Crippen molar-refractivity contribution in [3.05, 3.63) is 35.6 Å². The first kappa shape index (κ1) is 22.1. The first-order chi connectivity index (χ1) is 11.6. The van der Waals surface area contributed by atoms with E-state index in [1.807, 2.05) is 18.9 Å². The highest BCUT2D eigenvalue weighted by Gasteiger charge is 2.32. The minimum absolute atomic E-state index is 0. The number of methoxy groups -OCH3 is 1. The van der Waals surface area contributed by atoms with Gasteiger partial charge in [-0.1, -0.05) is 12.1 Å². The van der Waals surface area contributed by atoms with E-state index in [1.54, 1.807) is 19.2 Å². The van der Waals surface area contributed by atoms with Crippen LogP contribution in [0.3, 0.4) is 0 Å². The number of halogens is 2. The lowest BCUT2D eigenvalue weighted by Crippen LogP contribution is -2.44. The molecule has 0 aliphatic carbocycles. The molecule has 2 rings (SSSR count). The van der Waals surface area contributed by atoms with E-state index < -0.39 is 0 Å². The van der Waals surface area contributed by atoms with E-state index in [4.69, 9.17) is 14.5 Å². The summed E-state index contributed by atoms with van der Waals surface area (Å²) in [6.07, 6.45) is 1.71. The highest BCUT2D eigenvalue weighted by atomic mass is 127. The molecule has 1 aliphatic heterocycles. The Kier molecular flexibility index (Phi) is 9.66. The number of rotatable bonds is 6. The van der Waals surface area contributed by atoms with Gasteiger partial charge in [-0.2, -0.15) is 0 Å². The first-order valence-electron chi connectivity index (χ1n) is 8.45. The van der Waals surface area contributed by atoms with Gasteiger partial charge in [0.2, 0.25) is 0 Å². The number of guanidine groups is 1. The summed E-state index contributed by atoms with van der Waals surface area (Å²) in [4.78, 5) is 6.81. The van der Waals surface area contributed by atoms with Crippen molar-refractivity contribution in [2.75, 3.05) is 40.5 Å². The van der Waals surface area contributed by atoms with E-state index in [2.05, 4.69) is 5.32 Å². The maximum atomic E-state index is 13.0. The zero-order valence-corrected chi connectivity index (χ0v) is 17.6. The highest BCUT2D eigenvalue weighted by Crippen LogP contribution is 2.24. The second kappa shape index (κ2) is 10.9. The number of benzene rings is 1. The Labute approximate surface area is 167 Å². The van der Waals surface area contributed by atoms with Crippen LogP contribution in [0.2, 0.25) is 0 Å². The molecule has 7 heteroatoms. The lowest BCUT2D eigenvalue weighted by atomic mass is 9.94. The molecule has 5 nitrogen and oxygen atoms in total. The molecule has 0 bridgehead atoms. The Hall–Kier alpha value is -0.930. The molecule has 1 aliphatic rings. The summed E-state index contributed by atoms with van der Waals surface area (Å²) in [6.45, 7) is 5.52. The number of nitrogens with one attached hydrogen (secondary N) is 1. The Morgan fingerprint density at radius 2 is 1.96 bits per heavy atom. The summed E-state index contributed by atoms with van der Waals surface area (Å²) < 4.78 is 24.2. The van der Waals surface area contributed by atoms with Crippen LogP contribution in [0.4, 0.5) is 4.39 Å². The van der Waals surface area contributed by atoms with Crippen LogP contribution in [0, 0.1) is 5.82 Å². The summed E-state index contributed by atoms with van der Waals surface area (Å²) in [6, 6.07) is 6.55. The first-order valence-corrected chi connectivity index (χ1v) is 8.45. The summed E-state index contributed by atoms with van der Waals surface area (Å²) >= 11 is 0. The quantitative estimate of drug-likeness (QED) is 0.399. The smallest absolute Gasteiger partial charge is 0.194 e. The van der Waals surface area contributed by atoms with Gasteiger partial charge >= 0.3 is 0 Å². The number of nitrogens with zero attached hydrogens (tertiary/aromatic N) is 2. The average molecular weight is 465 g/mol. The van der Waals surface area contributed by atoms with Crippen LogP contribution >= 0.6 is 24.0 Å². The third kappa shape index (κ3) is 6.71. The predicted octanol–water partition coefficient (Wildman–Crippen LogP) is 3.04. The van der Waals surface area contributed by atoms with E-state index in [9.17, 15) is 4.39 Å². The number of hydrogen-bond donors (Lipinski definition) is 1. The Morgan fingerprint density at radius 3 is 2.52 bits per heavy atom. The van der Waals surface area contributed by atoms with E-state index >= 15 is 0 Å². The molecule has 1 N–H and O–H groups in total. The molecule has 142 valence electrons. The second-order valence-corrected chi connectivity index (χ2v) is 6.15. The lowest BCUT2D eigenvalue weighted by Gasteiger charge is -2.35. The van der Waals surface area contributed by atoms with Crippen LogP contribution in [-0.4, -0.2) is 56.9 Å². The van der Waals surface area contributed by atoms with Crippen LogP contribution in [0.1, 0.15) is 25.3 Å². The molecular formula is C18H29FIN3O2. The molecule has 0 unspecified atom stereocenters. The molecule has 25 heavy (non-hydrogen) atoms. The highest BCUT2D eigenvalue weighted by molar-refractivity contribution is 14.0. The normalized spacial score (nSPS) is 16.9. The molecule has 1 fully saturated rings. The lowest BCUT2D eigenvalue weighted by molar-refractivity contribution is -0.0829. The third-order valence-electron chi connectivity index (χ3n) is 4.38. The zero-order valence-electron chi connectivity index (χ0n) is 15.3. The van der Waals surface area contributed by atoms with Gasteiger partial charge in [-0.3, -0.25) is 4.99 Å². The third-order valence-corrected chi connectivity index (χ3v) is 4.38. The van der Waals surface area contributed by atoms with E-state index in [1.165, 1.54) is 12.1 Å². The summed E-state index contributed by atoms with van der Waals surface area (Å²) in [5, 5.41) is 3.31. The molecule has 0 saturated carbocycles. The predicted molar refractivity (Wildman–Crippen MR) is 109 cm³/mol. The molecule has 0 spiro atoms. The van der Waals surface area contributed by atoms with Crippen LogP contribution < -0.4 is 5.32 Å². The molecule has 0 amide bonds. The molecule has 0 aromatic heterocycles. The van der Waals surface area contributed by atoms with Crippen molar-refractivity contribution in [3.8, 4) is 0 Å². The number of aliphatic imine (C=N–C) groups is 1. The van der Waals surface area contributed by atoms with Crippen LogP contribution in [-0.2, 0) is 16.0 Å². The average Bonchev–Trinajstić information content (AvgIpc) is 2.61. The largest absolute Gasteiger partial charge is 0.381 e. The fourth-order valence-electron chi connectivity index (χ4n) is 2.80. The van der Waals surface area contributed by atoms with Crippen LogP contribution in [0.5, 0.6) is 0 Å². The van der Waals surface area contributed by atoms with Gasteiger partial charge in [-0.15, -0.1) is 24.0 Å². The van der Waals surface area contributed by atoms with Crippen molar-refractivity contribution in [3.63, 3.8) is 0 Å². The van der Waals surface area contributed by atoms with Crippen molar-refractivity contribution in [1.29, 1.82) is 0 Å². The van der Waals surface area contributed by atoms with Gasteiger partial charge in [-0.05, 0) is 24.6 Å². The van der Waals surface area contributed by atoms with Crippen molar-refractivity contribution in [1.82, 2.24) is 10.2 Å². The van der Waals surface area contributed by atoms with E-state index in [-0.39, 0.29) is 35.4 Å². The number of hydrogen-bond acceptors (Lipinski definition) is 3. The van der Waals surface area contributed by atoms with Crippen molar-refractivity contribution in [2.45, 2.75) is 31.9 Å². The molecule has 1 saturated heterocycles. The minimum Gasteiger partial charge on any atom is -0.381 e. The molecule has 0 atom stereocenters. The van der Waals surface area contributed by atoms with Gasteiger partial charge in [0.25, 0.3) is 0 Å². The molecule has 0 radical (unpaired) electrons. The van der Waals surface area contributed by atoms with E-state index in [0.717, 1.165) is 30.9 Å². The Balaban J connectivity index is 0.00000312. The molecular weight excluding hydrogens is 436 g/mol. The molecule has 1 aromatic carbocycles. The standard InChI is InChI=1S/C18H28FN3O2.HI/c1-4-20-17(21-14-18(23-3)9-11-24-12-10-18)22(2)13-15-5-7-16(19)8-6-15;/h5-8H,4,9-14H2,1-3H3,(H,20,21);1H. The van der Waals surface area contributed by atoms with Gasteiger partial charge < -0.3 is 19.7 Å². The minimum atomic E-state index is -0.240. The zero-order chi connectivity index (χ0) is 17.4. The maximum Gasteiger partial charge on any atom is 0.194 e. The van der Waals surface area contributed by atoms with Crippen molar-refractivity contribution < 1.29 is 13.9 Å². The number of ether oxygens (including phenoxy) is 2. The fraction of sp³-hybridized carbons (Fsp3) is 0.611. The summed E-state index contributed by atoms with van der Waals surface area (Å²) in [5.41, 5.74) is 0.798. The SMILES string of the molecule is CCNC(=NCC1(OC)CCOCC1)N(C)Cc1ccc(F)cc1.I. The van der Waals surface area contributed by atoms with E-state index in [0.29, 0.717) is 26.3 Å². The monoisotopic (exact) mass is 465 g/mol. The summed E-state index contributed by atoms with van der Waals surface area (Å²) in [7, 11) is 3.73. The van der Waals surface area contributed by atoms with Crippen molar-refractivity contribution in [2.24, 2.45) is 4.99 Å². The van der Waals surface area contributed by atoms with Crippen molar-refractivity contribution >= 4 is 29.9 Å². The molecule has 1 aromatic rings. The Morgan fingerprint density at radius 1 is 1.32 bits per heavy atom. The topological polar surface area (TPSA) is 46.1 Å². The van der Waals surface area contributed by atoms with Crippen LogP contribution in [0.15, 0.2) is 29.3 Å². The van der Waals surface area contributed by atoms with Gasteiger partial charge in [0, 0.05) is 53.3 Å². The van der Waals surface area contributed by atoms with Crippen LogP contribution in [0.25, 0.3) is 0 Å². The second-order valence-electron chi connectivity index (χ2n) is 6.15. The van der Waals surface area contributed by atoms with Gasteiger partial charge in [0.15, 0.2) is 5.96 Å².